The summed E-state index contributed by atoms with van der Waals surface area (Å²) in [7, 11) is 1.58. The van der Waals surface area contributed by atoms with Gasteiger partial charge in [0.2, 0.25) is 0 Å². The average molecular weight is 435 g/mol. The summed E-state index contributed by atoms with van der Waals surface area (Å²) in [6.07, 6.45) is 1.58. The first-order valence-corrected chi connectivity index (χ1v) is 9.92. The van der Waals surface area contributed by atoms with Gasteiger partial charge in [-0.25, -0.2) is 0 Å². The number of amides is 2. The monoisotopic (exact) mass is 434 g/mol. The van der Waals surface area contributed by atoms with Gasteiger partial charge in [-0.15, -0.1) is 0 Å². The Kier molecular flexibility index (Phi) is 5.91. The van der Waals surface area contributed by atoms with Crippen molar-refractivity contribution < 1.29 is 19.1 Å². The maximum atomic E-state index is 12.6. The molecule has 1 heterocycles. The van der Waals surface area contributed by atoms with E-state index in [2.05, 4.69) is 10.6 Å². The molecule has 0 saturated heterocycles. The van der Waals surface area contributed by atoms with E-state index >= 15 is 0 Å². The van der Waals surface area contributed by atoms with Gasteiger partial charge in [-0.05, 0) is 42.0 Å². The lowest BCUT2D eigenvalue weighted by Crippen LogP contribution is -2.26. The summed E-state index contributed by atoms with van der Waals surface area (Å²) in [5.41, 5.74) is 2.36. The minimum absolute atomic E-state index is 0.119. The van der Waals surface area contributed by atoms with E-state index in [9.17, 15) is 9.59 Å². The van der Waals surface area contributed by atoms with Crippen LogP contribution < -0.4 is 20.1 Å². The van der Waals surface area contributed by atoms with Crippen LogP contribution in [0.5, 0.6) is 11.5 Å². The molecule has 6 nitrogen and oxygen atoms in total. The molecule has 0 fully saturated rings. The molecule has 31 heavy (non-hydrogen) atoms. The van der Waals surface area contributed by atoms with Gasteiger partial charge in [0, 0.05) is 22.7 Å². The van der Waals surface area contributed by atoms with E-state index in [-0.39, 0.29) is 11.7 Å². The molecule has 0 radical (unpaired) electrons. The van der Waals surface area contributed by atoms with Crippen molar-refractivity contribution in [3.8, 4) is 11.5 Å². The molecular weight excluding hydrogens is 416 g/mol. The van der Waals surface area contributed by atoms with E-state index in [1.807, 2.05) is 36.4 Å². The summed E-state index contributed by atoms with van der Waals surface area (Å²) in [5, 5.41) is 6.13. The van der Waals surface area contributed by atoms with Crippen LogP contribution in [0.4, 0.5) is 5.69 Å². The molecule has 3 aromatic rings. The highest BCUT2D eigenvalue weighted by molar-refractivity contribution is 6.32. The van der Waals surface area contributed by atoms with Crippen LogP contribution in [0.1, 0.15) is 21.5 Å². The van der Waals surface area contributed by atoms with Gasteiger partial charge in [-0.3, -0.25) is 9.59 Å². The van der Waals surface area contributed by atoms with Crippen molar-refractivity contribution in [3.63, 3.8) is 0 Å². The van der Waals surface area contributed by atoms with Gasteiger partial charge >= 0.3 is 0 Å². The smallest absolute Gasteiger partial charge is 0.291 e. The number of fused-ring (bicyclic) bond motifs is 1. The first kappa shape index (κ1) is 20.5. The first-order valence-electron chi connectivity index (χ1n) is 9.55. The molecule has 156 valence electrons. The molecule has 0 spiro atoms. The van der Waals surface area contributed by atoms with Crippen LogP contribution in [-0.4, -0.2) is 18.9 Å². The maximum Gasteiger partial charge on any atom is 0.291 e. The molecular formula is C24H19ClN2O4. The van der Waals surface area contributed by atoms with Crippen molar-refractivity contribution in [1.82, 2.24) is 5.32 Å². The third-order valence-electron chi connectivity index (χ3n) is 4.76. The van der Waals surface area contributed by atoms with E-state index in [0.717, 1.165) is 5.56 Å². The van der Waals surface area contributed by atoms with Gasteiger partial charge < -0.3 is 20.1 Å². The Hall–Kier alpha value is -3.77. The molecule has 7 heteroatoms. The van der Waals surface area contributed by atoms with Crippen LogP contribution in [0.15, 0.2) is 72.5 Å². The van der Waals surface area contributed by atoms with E-state index in [1.165, 1.54) is 0 Å². The van der Waals surface area contributed by atoms with E-state index in [4.69, 9.17) is 21.1 Å². The third kappa shape index (κ3) is 4.54. The summed E-state index contributed by atoms with van der Waals surface area (Å²) in [5.74, 6) is 0.569. The minimum atomic E-state index is -0.418. The standard InChI is InChI=1S/C24H19ClN2O4/c1-30-20-9-5-3-7-17(20)14-26-23(28)16-10-11-21-19(12-16)27-24(29)22(31-21)13-15-6-2-4-8-18(15)25/h2-13H,14H2,1H3,(H,26,28)(H,27,29)/b22-13+. The Labute approximate surface area is 184 Å². The average Bonchev–Trinajstić information content (AvgIpc) is 2.79. The van der Waals surface area contributed by atoms with Crippen molar-refractivity contribution in [3.05, 3.63) is 94.2 Å². The Morgan fingerprint density at radius 2 is 1.90 bits per heavy atom. The minimum Gasteiger partial charge on any atom is -0.496 e. The van der Waals surface area contributed by atoms with Crippen molar-refractivity contribution in [2.24, 2.45) is 0 Å². The molecule has 4 rings (SSSR count). The maximum absolute atomic E-state index is 12.6. The lowest BCUT2D eigenvalue weighted by atomic mass is 10.1. The summed E-state index contributed by atoms with van der Waals surface area (Å²) in [6.45, 7) is 0.313. The zero-order chi connectivity index (χ0) is 21.8. The Morgan fingerprint density at radius 3 is 2.71 bits per heavy atom. The zero-order valence-corrected chi connectivity index (χ0v) is 17.4. The number of benzene rings is 3. The van der Waals surface area contributed by atoms with Crippen LogP contribution in [0, 0.1) is 0 Å². The van der Waals surface area contributed by atoms with Gasteiger partial charge in [0.25, 0.3) is 11.8 Å². The van der Waals surface area contributed by atoms with Crippen molar-refractivity contribution in [2.75, 3.05) is 12.4 Å². The Morgan fingerprint density at radius 1 is 1.13 bits per heavy atom. The normalized spacial score (nSPS) is 13.7. The lowest BCUT2D eigenvalue weighted by Gasteiger charge is -2.20. The number of halogens is 1. The molecule has 3 aromatic carbocycles. The van der Waals surface area contributed by atoms with Gasteiger partial charge in [-0.2, -0.15) is 0 Å². The predicted octanol–water partition coefficient (Wildman–Crippen LogP) is 4.65. The van der Waals surface area contributed by atoms with Crippen LogP contribution in [0.2, 0.25) is 5.02 Å². The highest BCUT2D eigenvalue weighted by atomic mass is 35.5. The van der Waals surface area contributed by atoms with Gasteiger partial charge in [0.15, 0.2) is 11.5 Å². The van der Waals surface area contributed by atoms with Crippen LogP contribution in [0.3, 0.4) is 0 Å². The Balaban J connectivity index is 1.49. The van der Waals surface area contributed by atoms with E-state index in [0.29, 0.717) is 39.9 Å². The number of ether oxygens (including phenoxy) is 2. The molecule has 1 aliphatic heterocycles. The lowest BCUT2D eigenvalue weighted by molar-refractivity contribution is -0.115. The topological polar surface area (TPSA) is 76.7 Å². The summed E-state index contributed by atoms with van der Waals surface area (Å²) < 4.78 is 11.0. The molecule has 2 N–H and O–H groups in total. The highest BCUT2D eigenvalue weighted by Crippen LogP contribution is 2.33. The van der Waals surface area contributed by atoms with Gasteiger partial charge in [0.1, 0.15) is 5.75 Å². The first-order chi connectivity index (χ1) is 15.0. The number of nitrogens with one attached hydrogen (secondary N) is 2. The molecule has 2 amide bonds. The largest absolute Gasteiger partial charge is 0.496 e. The fourth-order valence-electron chi connectivity index (χ4n) is 3.16. The number of methoxy groups -OCH3 is 1. The predicted molar refractivity (Wildman–Crippen MR) is 119 cm³/mol. The highest BCUT2D eigenvalue weighted by Gasteiger charge is 2.23. The molecule has 0 bridgehead atoms. The van der Waals surface area contributed by atoms with Crippen molar-refractivity contribution >= 4 is 35.2 Å². The fraction of sp³-hybridized carbons (Fsp3) is 0.0833. The Bertz CT molecular complexity index is 1190. The molecule has 1 aliphatic rings. The van der Waals surface area contributed by atoms with E-state index in [1.54, 1.807) is 43.5 Å². The second-order valence-corrected chi connectivity index (χ2v) is 7.20. The number of rotatable bonds is 5. The molecule has 0 aromatic heterocycles. The van der Waals surface area contributed by atoms with E-state index < -0.39 is 5.91 Å². The molecule has 0 aliphatic carbocycles. The van der Waals surface area contributed by atoms with Crippen LogP contribution >= 0.6 is 11.6 Å². The molecule has 0 saturated carbocycles. The van der Waals surface area contributed by atoms with Gasteiger partial charge in [-0.1, -0.05) is 48.0 Å². The van der Waals surface area contributed by atoms with Crippen LogP contribution in [-0.2, 0) is 11.3 Å². The number of hydrogen-bond acceptors (Lipinski definition) is 4. The molecule has 0 unspecified atom stereocenters. The quantitative estimate of drug-likeness (QED) is 0.573. The zero-order valence-electron chi connectivity index (χ0n) is 16.6. The van der Waals surface area contributed by atoms with Crippen molar-refractivity contribution in [1.29, 1.82) is 0 Å². The second kappa shape index (κ2) is 8.93. The summed E-state index contributed by atoms with van der Waals surface area (Å²) in [4.78, 5) is 25.1. The number of para-hydroxylation sites is 1. The SMILES string of the molecule is COc1ccccc1CNC(=O)c1ccc2c(c1)NC(=O)/C(=C\c1ccccc1Cl)O2. The number of carbonyl (C=O) groups is 2. The second-order valence-electron chi connectivity index (χ2n) is 6.79. The number of hydrogen-bond donors (Lipinski definition) is 2. The number of carbonyl (C=O) groups excluding carboxylic acids is 2. The fourth-order valence-corrected chi connectivity index (χ4v) is 3.35. The summed E-state index contributed by atoms with van der Waals surface area (Å²) in [6, 6.07) is 19.5. The van der Waals surface area contributed by atoms with Gasteiger partial charge in [0.05, 0.1) is 12.8 Å². The van der Waals surface area contributed by atoms with Crippen molar-refractivity contribution in [2.45, 2.75) is 6.54 Å². The third-order valence-corrected chi connectivity index (χ3v) is 5.10. The summed E-state index contributed by atoms with van der Waals surface area (Å²) >= 11 is 6.16. The van der Waals surface area contributed by atoms with Crippen LogP contribution in [0.25, 0.3) is 6.08 Å². The number of anilines is 1. The molecule has 0 atom stereocenters.